The monoisotopic (exact) mass is 480 g/mol. The maximum absolute atomic E-state index is 13.0. The van der Waals surface area contributed by atoms with Crippen molar-refractivity contribution in [3.8, 4) is 0 Å². The number of hydrogen-bond donors (Lipinski definition) is 0. The van der Waals surface area contributed by atoms with Gasteiger partial charge in [-0.25, -0.2) is 4.98 Å². The smallest absolute Gasteiger partial charge is 0.308 e. The number of aryl methyl sites for hydroxylation is 1. The van der Waals surface area contributed by atoms with Crippen molar-refractivity contribution < 1.29 is 14.3 Å². The molecule has 29 heavy (non-hydrogen) atoms. The molecule has 5 nitrogen and oxygen atoms in total. The minimum Gasteiger partial charge on any atom is -0.469 e. The molecule has 1 aromatic heterocycles. The number of carbonyl (C=O) groups is 2. The second kappa shape index (κ2) is 9.90. The molecule has 1 saturated carbocycles. The predicted molar refractivity (Wildman–Crippen MR) is 116 cm³/mol. The number of esters is 1. The molecule has 1 aliphatic carbocycles. The third-order valence-electron chi connectivity index (χ3n) is 5.76. The summed E-state index contributed by atoms with van der Waals surface area (Å²) in [5.74, 6) is 0.398. The van der Waals surface area contributed by atoms with Gasteiger partial charge in [-0.1, -0.05) is 29.8 Å². The van der Waals surface area contributed by atoms with Crippen LogP contribution < -0.4 is 0 Å². The number of halogens is 2. The number of Topliss-reactive ketones (excluding diaryl/α,β-unsaturated/α-hetero) is 1. The zero-order valence-electron chi connectivity index (χ0n) is 16.8. The highest BCUT2D eigenvalue weighted by molar-refractivity contribution is 9.10. The van der Waals surface area contributed by atoms with Gasteiger partial charge in [0.2, 0.25) is 5.28 Å². The molecule has 0 aliphatic heterocycles. The summed E-state index contributed by atoms with van der Waals surface area (Å²) in [6.45, 7) is 2.54. The van der Waals surface area contributed by atoms with Crippen molar-refractivity contribution in [2.45, 2.75) is 52.0 Å². The molecule has 3 rings (SSSR count). The fourth-order valence-corrected chi connectivity index (χ4v) is 4.92. The van der Waals surface area contributed by atoms with Crippen molar-refractivity contribution in [1.29, 1.82) is 0 Å². The van der Waals surface area contributed by atoms with Crippen LogP contribution in [0.4, 0.5) is 0 Å². The summed E-state index contributed by atoms with van der Waals surface area (Å²) >= 11 is 9.71. The third kappa shape index (κ3) is 5.48. The SMILES string of the molecule is COC(=O)C1CCC(CCC(=O)c2c(Br)nc(Cl)n2Cc2ccc(C)cc2)CC1. The first-order chi connectivity index (χ1) is 13.9. The molecule has 1 aliphatic rings. The lowest BCUT2D eigenvalue weighted by molar-refractivity contribution is -0.146. The Labute approximate surface area is 184 Å². The van der Waals surface area contributed by atoms with E-state index in [-0.39, 0.29) is 17.7 Å². The van der Waals surface area contributed by atoms with Crippen LogP contribution in [0.2, 0.25) is 5.28 Å². The number of benzene rings is 1. The van der Waals surface area contributed by atoms with Crippen LogP contribution in [0.1, 0.15) is 60.1 Å². The molecule has 0 spiro atoms. The number of aromatic nitrogens is 2. The number of carbonyl (C=O) groups excluding carboxylic acids is 2. The number of methoxy groups -OCH3 is 1. The van der Waals surface area contributed by atoms with Crippen LogP contribution in [0.15, 0.2) is 28.9 Å². The van der Waals surface area contributed by atoms with E-state index in [4.69, 9.17) is 16.3 Å². The van der Waals surface area contributed by atoms with E-state index in [1.165, 1.54) is 12.7 Å². The van der Waals surface area contributed by atoms with Gasteiger partial charge in [-0.05, 0) is 78.0 Å². The molecule has 0 saturated heterocycles. The van der Waals surface area contributed by atoms with Crippen LogP contribution in [-0.4, -0.2) is 28.4 Å². The average Bonchev–Trinajstić information content (AvgIpc) is 3.00. The van der Waals surface area contributed by atoms with E-state index in [1.807, 2.05) is 31.2 Å². The van der Waals surface area contributed by atoms with Gasteiger partial charge in [-0.3, -0.25) is 9.59 Å². The average molecular weight is 482 g/mol. The summed E-state index contributed by atoms with van der Waals surface area (Å²) in [6.07, 6.45) is 4.85. The van der Waals surface area contributed by atoms with Crippen LogP contribution in [0.25, 0.3) is 0 Å². The molecule has 0 N–H and O–H groups in total. The first-order valence-electron chi connectivity index (χ1n) is 9.97. The number of ketones is 1. The molecule has 0 bridgehead atoms. The molecule has 1 fully saturated rings. The lowest BCUT2D eigenvalue weighted by atomic mass is 9.79. The Hall–Kier alpha value is -1.66. The van der Waals surface area contributed by atoms with Crippen molar-refractivity contribution in [3.05, 3.63) is 51.0 Å². The van der Waals surface area contributed by atoms with E-state index in [2.05, 4.69) is 20.9 Å². The molecular formula is C22H26BrClN2O3. The van der Waals surface area contributed by atoms with E-state index < -0.39 is 0 Å². The van der Waals surface area contributed by atoms with Crippen LogP contribution in [0.3, 0.4) is 0 Å². The van der Waals surface area contributed by atoms with Gasteiger partial charge in [0.25, 0.3) is 0 Å². The lowest BCUT2D eigenvalue weighted by Crippen LogP contribution is -2.23. The normalized spacial score (nSPS) is 19.2. The summed E-state index contributed by atoms with van der Waals surface area (Å²) in [5, 5.41) is 0.305. The van der Waals surface area contributed by atoms with E-state index in [1.54, 1.807) is 4.57 Å². The van der Waals surface area contributed by atoms with Crippen LogP contribution in [0, 0.1) is 18.8 Å². The molecule has 0 radical (unpaired) electrons. The van der Waals surface area contributed by atoms with Crippen molar-refractivity contribution in [3.63, 3.8) is 0 Å². The summed E-state index contributed by atoms with van der Waals surface area (Å²) in [5.41, 5.74) is 2.78. The van der Waals surface area contributed by atoms with E-state index >= 15 is 0 Å². The first-order valence-corrected chi connectivity index (χ1v) is 11.1. The molecule has 156 valence electrons. The summed E-state index contributed by atoms with van der Waals surface area (Å²) in [6, 6.07) is 8.16. The molecule has 0 atom stereocenters. The van der Waals surface area contributed by atoms with Gasteiger partial charge >= 0.3 is 5.97 Å². The fourth-order valence-electron chi connectivity index (χ4n) is 3.99. The van der Waals surface area contributed by atoms with Crippen molar-refractivity contribution >= 4 is 39.3 Å². The number of ether oxygens (including phenoxy) is 1. The van der Waals surface area contributed by atoms with E-state index in [9.17, 15) is 9.59 Å². The lowest BCUT2D eigenvalue weighted by Gasteiger charge is -2.26. The largest absolute Gasteiger partial charge is 0.469 e. The van der Waals surface area contributed by atoms with E-state index in [0.717, 1.165) is 37.7 Å². The molecular weight excluding hydrogens is 456 g/mol. The minimum absolute atomic E-state index is 0.0100. The Morgan fingerprint density at radius 3 is 2.48 bits per heavy atom. The second-order valence-electron chi connectivity index (χ2n) is 7.79. The van der Waals surface area contributed by atoms with Gasteiger partial charge in [0.05, 0.1) is 19.6 Å². The number of rotatable bonds is 7. The van der Waals surface area contributed by atoms with Crippen molar-refractivity contribution in [1.82, 2.24) is 9.55 Å². The molecule has 0 amide bonds. The maximum atomic E-state index is 13.0. The van der Waals surface area contributed by atoms with Crippen LogP contribution in [0.5, 0.6) is 0 Å². The summed E-state index contributed by atoms with van der Waals surface area (Å²) < 4.78 is 7.11. The second-order valence-corrected chi connectivity index (χ2v) is 8.88. The summed E-state index contributed by atoms with van der Waals surface area (Å²) in [7, 11) is 1.44. The van der Waals surface area contributed by atoms with Gasteiger partial charge in [-0.15, -0.1) is 0 Å². The maximum Gasteiger partial charge on any atom is 0.308 e. The zero-order valence-corrected chi connectivity index (χ0v) is 19.1. The first kappa shape index (κ1) is 22.0. The van der Waals surface area contributed by atoms with Gasteiger partial charge in [0, 0.05) is 6.42 Å². The Kier molecular flexibility index (Phi) is 7.52. The number of imidazole rings is 1. The molecule has 0 unspecified atom stereocenters. The van der Waals surface area contributed by atoms with Crippen molar-refractivity contribution in [2.75, 3.05) is 7.11 Å². The zero-order chi connectivity index (χ0) is 21.0. The van der Waals surface area contributed by atoms with Gasteiger partial charge in [-0.2, -0.15) is 0 Å². The van der Waals surface area contributed by atoms with Gasteiger partial charge < -0.3 is 9.30 Å². The quantitative estimate of drug-likeness (QED) is 0.381. The highest BCUT2D eigenvalue weighted by Gasteiger charge is 2.28. The molecule has 7 heteroatoms. The Morgan fingerprint density at radius 2 is 1.86 bits per heavy atom. The van der Waals surface area contributed by atoms with Gasteiger partial charge in [0.1, 0.15) is 10.3 Å². The van der Waals surface area contributed by atoms with Crippen molar-refractivity contribution in [2.24, 2.45) is 11.8 Å². The highest BCUT2D eigenvalue weighted by Crippen LogP contribution is 2.33. The number of hydrogen-bond acceptors (Lipinski definition) is 4. The Balaban J connectivity index is 1.62. The predicted octanol–water partition coefficient (Wildman–Crippen LogP) is 5.60. The molecule has 2 aromatic rings. The third-order valence-corrected chi connectivity index (χ3v) is 6.61. The Morgan fingerprint density at radius 1 is 1.21 bits per heavy atom. The Bertz CT molecular complexity index is 871. The molecule has 1 heterocycles. The minimum atomic E-state index is -0.113. The topological polar surface area (TPSA) is 61.2 Å². The van der Waals surface area contributed by atoms with Gasteiger partial charge in [0.15, 0.2) is 5.78 Å². The fraction of sp³-hybridized carbons (Fsp3) is 0.500. The van der Waals surface area contributed by atoms with Crippen LogP contribution >= 0.6 is 27.5 Å². The van der Waals surface area contributed by atoms with Crippen LogP contribution in [-0.2, 0) is 16.1 Å². The summed E-state index contributed by atoms with van der Waals surface area (Å²) in [4.78, 5) is 28.9. The standard InChI is InChI=1S/C22H26BrClN2O3/c1-14-3-5-16(6-4-14)13-26-19(20(23)25-22(26)24)18(27)12-9-15-7-10-17(11-8-15)21(28)29-2/h3-6,15,17H,7-13H2,1-2H3. The number of nitrogens with zero attached hydrogens (tertiary/aromatic N) is 2. The molecule has 1 aromatic carbocycles. The highest BCUT2D eigenvalue weighted by atomic mass is 79.9. The van der Waals surface area contributed by atoms with E-state index in [0.29, 0.717) is 34.5 Å².